The zero-order chi connectivity index (χ0) is 18.4. The number of carbonyl (C=O) groups excluding carboxylic acids is 1. The van der Waals surface area contributed by atoms with E-state index in [4.69, 9.17) is 4.74 Å². The normalized spacial score (nSPS) is 15.2. The Labute approximate surface area is 148 Å². The number of guanidine groups is 1. The van der Waals surface area contributed by atoms with Crippen LogP contribution in [0.25, 0.3) is 0 Å². The Hall–Kier alpha value is -2.48. The van der Waals surface area contributed by atoms with E-state index in [1.807, 2.05) is 39.8 Å². The zero-order valence-corrected chi connectivity index (χ0v) is 15.2. The second kappa shape index (κ2) is 8.06. The van der Waals surface area contributed by atoms with Crippen molar-refractivity contribution >= 4 is 23.4 Å². The SMILES string of the molecule is CCN(CCCN=C1Nc2ccccc2N([O-])N1)C(=O)OC(C)(C)C. The third-order valence-electron chi connectivity index (χ3n) is 3.47. The number of hydrogen-bond acceptors (Lipinski definition) is 5. The van der Waals surface area contributed by atoms with Crippen LogP contribution >= 0.6 is 0 Å². The van der Waals surface area contributed by atoms with Crippen LogP contribution in [0.4, 0.5) is 16.2 Å². The number of nitrogens with zero attached hydrogens (tertiary/aromatic N) is 3. The first kappa shape index (κ1) is 18.9. The molecule has 1 amide bonds. The number of anilines is 2. The highest BCUT2D eigenvalue weighted by atomic mass is 16.6. The fourth-order valence-electron chi connectivity index (χ4n) is 2.30. The predicted octanol–water partition coefficient (Wildman–Crippen LogP) is 2.92. The van der Waals surface area contributed by atoms with Gasteiger partial charge in [-0.25, -0.2) is 4.79 Å². The molecule has 8 nitrogen and oxygen atoms in total. The van der Waals surface area contributed by atoms with Crippen molar-refractivity contribution in [1.82, 2.24) is 10.3 Å². The summed E-state index contributed by atoms with van der Waals surface area (Å²) in [5.41, 5.74) is 3.36. The fraction of sp³-hybridized carbons (Fsp3) is 0.529. The molecule has 25 heavy (non-hydrogen) atoms. The van der Waals surface area contributed by atoms with Gasteiger partial charge in [0.2, 0.25) is 5.96 Å². The van der Waals surface area contributed by atoms with Crippen LogP contribution in [0.1, 0.15) is 34.1 Å². The Morgan fingerprint density at radius 3 is 2.76 bits per heavy atom. The van der Waals surface area contributed by atoms with Gasteiger partial charge >= 0.3 is 6.09 Å². The van der Waals surface area contributed by atoms with E-state index >= 15 is 0 Å². The summed E-state index contributed by atoms with van der Waals surface area (Å²) in [6.07, 6.45) is 0.344. The smallest absolute Gasteiger partial charge is 0.410 e. The Kier molecular flexibility index (Phi) is 6.08. The topological polar surface area (TPSA) is 92.3 Å². The van der Waals surface area contributed by atoms with E-state index in [-0.39, 0.29) is 6.09 Å². The van der Waals surface area contributed by atoms with E-state index < -0.39 is 5.60 Å². The lowest BCUT2D eigenvalue weighted by Gasteiger charge is -2.38. The molecule has 2 rings (SSSR count). The largest absolute Gasteiger partial charge is 0.739 e. The van der Waals surface area contributed by atoms with Crippen molar-refractivity contribution in [2.75, 3.05) is 30.1 Å². The highest BCUT2D eigenvalue weighted by Gasteiger charge is 2.20. The number of fused-ring (bicyclic) bond motifs is 1. The Morgan fingerprint density at radius 2 is 2.08 bits per heavy atom. The van der Waals surface area contributed by atoms with Crippen molar-refractivity contribution < 1.29 is 9.53 Å². The van der Waals surface area contributed by atoms with Crippen LogP contribution in [0.5, 0.6) is 0 Å². The van der Waals surface area contributed by atoms with Gasteiger partial charge in [-0.05, 0) is 46.2 Å². The summed E-state index contributed by atoms with van der Waals surface area (Å²) in [7, 11) is 0. The van der Waals surface area contributed by atoms with Crippen molar-refractivity contribution in [2.24, 2.45) is 4.99 Å². The zero-order valence-electron chi connectivity index (χ0n) is 15.2. The molecule has 0 saturated carbocycles. The van der Waals surface area contributed by atoms with Crippen molar-refractivity contribution in [3.8, 4) is 0 Å². The first-order valence-electron chi connectivity index (χ1n) is 8.42. The van der Waals surface area contributed by atoms with Crippen LogP contribution < -0.4 is 15.9 Å². The molecule has 0 unspecified atom stereocenters. The van der Waals surface area contributed by atoms with Crippen molar-refractivity contribution in [1.29, 1.82) is 0 Å². The van der Waals surface area contributed by atoms with Gasteiger partial charge in [0.1, 0.15) is 5.60 Å². The molecule has 0 aromatic heterocycles. The minimum Gasteiger partial charge on any atom is -0.739 e. The first-order valence-corrected chi connectivity index (χ1v) is 8.42. The maximum atomic E-state index is 12.1. The maximum absolute atomic E-state index is 12.1. The quantitative estimate of drug-likeness (QED) is 0.795. The molecule has 1 aromatic carbocycles. The van der Waals surface area contributed by atoms with Crippen molar-refractivity contribution in [3.05, 3.63) is 29.5 Å². The fourth-order valence-corrected chi connectivity index (χ4v) is 2.30. The second-order valence-electron chi connectivity index (χ2n) is 6.69. The number of ether oxygens (including phenoxy) is 1. The van der Waals surface area contributed by atoms with Gasteiger partial charge in [-0.3, -0.25) is 10.4 Å². The molecule has 8 heteroatoms. The number of hydrogen-bond donors (Lipinski definition) is 2. The molecule has 0 atom stereocenters. The van der Waals surface area contributed by atoms with Crippen molar-refractivity contribution in [2.45, 2.75) is 39.7 Å². The lowest BCUT2D eigenvalue weighted by molar-refractivity contribution is 0.0259. The van der Waals surface area contributed by atoms with Gasteiger partial charge in [0.15, 0.2) is 0 Å². The van der Waals surface area contributed by atoms with E-state index in [2.05, 4.69) is 15.7 Å². The molecule has 0 fully saturated rings. The molecular weight excluding hydrogens is 322 g/mol. The van der Waals surface area contributed by atoms with E-state index in [9.17, 15) is 10.0 Å². The van der Waals surface area contributed by atoms with Crippen LogP contribution in [0.15, 0.2) is 29.3 Å². The molecule has 0 radical (unpaired) electrons. The predicted molar refractivity (Wildman–Crippen MR) is 99.4 cm³/mol. The number of nitrogens with one attached hydrogen (secondary N) is 2. The molecule has 0 spiro atoms. The van der Waals surface area contributed by atoms with E-state index in [0.717, 1.165) is 0 Å². The average Bonchev–Trinajstić information content (AvgIpc) is 2.53. The van der Waals surface area contributed by atoms with Crippen molar-refractivity contribution in [3.63, 3.8) is 0 Å². The molecule has 138 valence electrons. The monoisotopic (exact) mass is 348 g/mol. The molecule has 0 aliphatic carbocycles. The Morgan fingerprint density at radius 1 is 1.36 bits per heavy atom. The molecule has 0 bridgehead atoms. The van der Waals surface area contributed by atoms with Gasteiger partial charge in [-0.15, -0.1) is 0 Å². The van der Waals surface area contributed by atoms with Gasteiger partial charge in [-0.1, -0.05) is 12.1 Å². The molecule has 1 aromatic rings. The summed E-state index contributed by atoms with van der Waals surface area (Å²) in [5, 5.41) is 15.7. The number of amides is 1. The van der Waals surface area contributed by atoms with Gasteiger partial charge in [-0.2, -0.15) is 0 Å². The van der Waals surface area contributed by atoms with Crippen LogP contribution in [0.3, 0.4) is 0 Å². The third-order valence-corrected chi connectivity index (χ3v) is 3.47. The molecule has 1 heterocycles. The average molecular weight is 348 g/mol. The summed E-state index contributed by atoms with van der Waals surface area (Å²) in [6.45, 7) is 9.04. The minimum absolute atomic E-state index is 0.323. The number of hydrazine groups is 1. The van der Waals surface area contributed by atoms with E-state index in [0.29, 0.717) is 48.6 Å². The van der Waals surface area contributed by atoms with Gasteiger partial charge < -0.3 is 25.3 Å². The first-order chi connectivity index (χ1) is 11.8. The van der Waals surface area contributed by atoms with Crippen LogP contribution in [0.2, 0.25) is 0 Å². The minimum atomic E-state index is -0.508. The maximum Gasteiger partial charge on any atom is 0.410 e. The summed E-state index contributed by atoms with van der Waals surface area (Å²) in [6, 6.07) is 7.19. The molecule has 0 saturated heterocycles. The molecule has 1 aliphatic rings. The molecule has 1 aliphatic heterocycles. The summed E-state index contributed by atoms with van der Waals surface area (Å²) >= 11 is 0. The number of benzene rings is 1. The molecule has 2 N–H and O–H groups in total. The van der Waals surface area contributed by atoms with Gasteiger partial charge in [0.25, 0.3) is 0 Å². The Balaban J connectivity index is 1.84. The number of rotatable bonds is 5. The number of carbonyl (C=O) groups is 1. The Bertz CT molecular complexity index is 627. The summed E-state index contributed by atoms with van der Waals surface area (Å²) in [4.78, 5) is 18.0. The lowest BCUT2D eigenvalue weighted by Crippen LogP contribution is -2.46. The number of para-hydroxylation sites is 2. The third kappa shape index (κ3) is 5.53. The van der Waals surface area contributed by atoms with Gasteiger partial charge in [0.05, 0.1) is 11.4 Å². The van der Waals surface area contributed by atoms with E-state index in [1.54, 1.807) is 17.0 Å². The second-order valence-corrected chi connectivity index (χ2v) is 6.69. The van der Waals surface area contributed by atoms with Gasteiger partial charge in [0, 0.05) is 19.6 Å². The summed E-state index contributed by atoms with van der Waals surface area (Å²) in [5.74, 6) is 0.397. The van der Waals surface area contributed by atoms with Crippen LogP contribution in [0, 0.1) is 5.21 Å². The van der Waals surface area contributed by atoms with E-state index in [1.165, 1.54) is 0 Å². The van der Waals surface area contributed by atoms with Crippen LogP contribution in [-0.2, 0) is 4.74 Å². The highest BCUT2D eigenvalue weighted by Crippen LogP contribution is 2.26. The number of aliphatic imine (C=N–C) groups is 1. The summed E-state index contributed by atoms with van der Waals surface area (Å²) < 4.78 is 5.37. The highest BCUT2D eigenvalue weighted by molar-refractivity contribution is 6.00. The standard InChI is InChI=1S/C17H26N5O3/c1-5-21(16(23)25-17(2,3)4)12-8-11-18-15-19-13-9-6-7-10-14(13)22(24)20-15/h6-7,9-10H,5,8,11-12H2,1-4H3,(H2,18,19,20)/q-1. The molecular formula is C17H26N5O3-. The lowest BCUT2D eigenvalue weighted by atomic mass is 10.2. The van der Waals surface area contributed by atoms with Crippen LogP contribution in [-0.4, -0.2) is 42.2 Å².